The monoisotopic (exact) mass is 357 g/mol. The highest BCUT2D eigenvalue weighted by Crippen LogP contribution is 2.33. The molecule has 1 aromatic heterocycles. The molecule has 2 rings (SSSR count). The highest BCUT2D eigenvalue weighted by atomic mass is 79.9. The van der Waals surface area contributed by atoms with E-state index in [-0.39, 0.29) is 0 Å². The van der Waals surface area contributed by atoms with Crippen molar-refractivity contribution in [2.75, 3.05) is 0 Å². The predicted molar refractivity (Wildman–Crippen MR) is 71.7 cm³/mol. The molecule has 0 saturated heterocycles. The van der Waals surface area contributed by atoms with Gasteiger partial charge in [0.05, 0.1) is 15.9 Å². The van der Waals surface area contributed by atoms with Gasteiger partial charge < -0.3 is 4.74 Å². The Hall–Kier alpha value is -2.62. The van der Waals surface area contributed by atoms with Gasteiger partial charge in [0.15, 0.2) is 11.6 Å². The third-order valence-electron chi connectivity index (χ3n) is 2.33. The molecular formula is C11H5BrFN3O5. The van der Waals surface area contributed by atoms with Crippen molar-refractivity contribution in [3.8, 4) is 11.6 Å². The molecule has 0 bridgehead atoms. The predicted octanol–water partition coefficient (Wildman–Crippen LogP) is 3.59. The Balaban J connectivity index is 2.39. The van der Waals surface area contributed by atoms with Crippen LogP contribution in [0.1, 0.15) is 0 Å². The van der Waals surface area contributed by atoms with Crippen LogP contribution in [0.3, 0.4) is 0 Å². The second-order valence-corrected chi connectivity index (χ2v) is 4.62. The Morgan fingerprint density at radius 2 is 1.90 bits per heavy atom. The first-order valence-electron chi connectivity index (χ1n) is 5.30. The Kier molecular flexibility index (Phi) is 4.08. The van der Waals surface area contributed by atoms with Gasteiger partial charge in [-0.15, -0.1) is 0 Å². The smallest absolute Gasteiger partial charge is 0.332 e. The van der Waals surface area contributed by atoms with Crippen LogP contribution in [0.25, 0.3) is 0 Å². The third kappa shape index (κ3) is 3.28. The summed E-state index contributed by atoms with van der Waals surface area (Å²) in [5.41, 5.74) is -0.930. The number of aromatic nitrogens is 1. The zero-order valence-electron chi connectivity index (χ0n) is 10.0. The van der Waals surface area contributed by atoms with Gasteiger partial charge in [0.1, 0.15) is 0 Å². The van der Waals surface area contributed by atoms with Crippen LogP contribution >= 0.6 is 15.9 Å². The van der Waals surface area contributed by atoms with E-state index in [2.05, 4.69) is 20.9 Å². The average molecular weight is 358 g/mol. The van der Waals surface area contributed by atoms with E-state index in [9.17, 15) is 24.6 Å². The molecule has 0 unspecified atom stereocenters. The molecule has 0 fully saturated rings. The zero-order valence-corrected chi connectivity index (χ0v) is 11.6. The van der Waals surface area contributed by atoms with Crippen LogP contribution in [0.15, 0.2) is 34.9 Å². The van der Waals surface area contributed by atoms with E-state index in [1.165, 1.54) is 6.20 Å². The van der Waals surface area contributed by atoms with Crippen molar-refractivity contribution in [1.29, 1.82) is 0 Å². The fourth-order valence-corrected chi connectivity index (χ4v) is 1.73. The zero-order chi connectivity index (χ0) is 15.6. The summed E-state index contributed by atoms with van der Waals surface area (Å²) in [6.07, 6.45) is 1.24. The summed E-state index contributed by atoms with van der Waals surface area (Å²) in [6, 6.07) is 3.82. The number of hydrogen-bond acceptors (Lipinski definition) is 6. The Morgan fingerprint density at radius 1 is 1.19 bits per heavy atom. The van der Waals surface area contributed by atoms with E-state index in [1.807, 2.05) is 0 Å². The molecule has 0 aliphatic carbocycles. The van der Waals surface area contributed by atoms with E-state index >= 15 is 0 Å². The summed E-state index contributed by atoms with van der Waals surface area (Å²) in [4.78, 5) is 23.5. The normalized spacial score (nSPS) is 10.2. The van der Waals surface area contributed by atoms with Crippen LogP contribution in [0.5, 0.6) is 11.6 Å². The highest BCUT2D eigenvalue weighted by molar-refractivity contribution is 9.10. The molecule has 1 heterocycles. The molecule has 10 heteroatoms. The second kappa shape index (κ2) is 5.79. The van der Waals surface area contributed by atoms with Crippen molar-refractivity contribution in [2.24, 2.45) is 0 Å². The van der Waals surface area contributed by atoms with Crippen molar-refractivity contribution < 1.29 is 19.0 Å². The van der Waals surface area contributed by atoms with Gasteiger partial charge in [-0.3, -0.25) is 20.2 Å². The number of nitro benzene ring substituents is 1. The van der Waals surface area contributed by atoms with E-state index in [0.29, 0.717) is 10.5 Å². The lowest BCUT2D eigenvalue weighted by atomic mass is 10.3. The molecule has 0 spiro atoms. The number of non-ortho nitro benzene ring substituents is 1. The van der Waals surface area contributed by atoms with Gasteiger partial charge in [0.2, 0.25) is 0 Å². The van der Waals surface area contributed by atoms with Crippen molar-refractivity contribution in [2.45, 2.75) is 0 Å². The largest absolute Gasteiger partial charge is 0.431 e. The first kappa shape index (κ1) is 14.8. The van der Waals surface area contributed by atoms with Crippen molar-refractivity contribution >= 4 is 27.3 Å². The minimum atomic E-state index is -1.02. The van der Waals surface area contributed by atoms with Gasteiger partial charge in [0, 0.05) is 22.8 Å². The fraction of sp³-hybridized carbons (Fsp3) is 0. The lowest BCUT2D eigenvalue weighted by Gasteiger charge is -2.06. The summed E-state index contributed by atoms with van der Waals surface area (Å²) in [6.45, 7) is 0. The van der Waals surface area contributed by atoms with Crippen LogP contribution in [0, 0.1) is 26.0 Å². The Morgan fingerprint density at radius 3 is 2.48 bits per heavy atom. The first-order chi connectivity index (χ1) is 9.88. The maximum Gasteiger partial charge on any atom is 0.332 e. The minimum absolute atomic E-state index is 0.353. The molecule has 108 valence electrons. The fourth-order valence-electron chi connectivity index (χ4n) is 1.42. The van der Waals surface area contributed by atoms with Crippen LogP contribution in [0.2, 0.25) is 0 Å². The van der Waals surface area contributed by atoms with Gasteiger partial charge in [0.25, 0.3) is 11.6 Å². The SMILES string of the molecule is O=[N+]([O-])c1ccc(Oc2ncc(Br)cc2[N+](=O)[O-])c(F)c1. The molecule has 21 heavy (non-hydrogen) atoms. The maximum atomic E-state index is 13.7. The Labute approximate surface area is 124 Å². The summed E-state index contributed by atoms with van der Waals surface area (Å²) < 4.78 is 19.0. The molecule has 0 aliphatic rings. The van der Waals surface area contributed by atoms with Crippen molar-refractivity contribution in [3.63, 3.8) is 0 Å². The second-order valence-electron chi connectivity index (χ2n) is 3.71. The number of halogens is 2. The van der Waals surface area contributed by atoms with Gasteiger partial charge >= 0.3 is 5.69 Å². The van der Waals surface area contributed by atoms with Crippen LogP contribution in [0.4, 0.5) is 15.8 Å². The molecule has 0 atom stereocenters. The summed E-state index contributed by atoms with van der Waals surface area (Å²) >= 11 is 3.02. The number of pyridine rings is 1. The van der Waals surface area contributed by atoms with Crippen LogP contribution in [-0.4, -0.2) is 14.8 Å². The van der Waals surface area contributed by atoms with Crippen LogP contribution < -0.4 is 4.74 Å². The van der Waals surface area contributed by atoms with E-state index in [0.717, 1.165) is 18.2 Å². The molecule has 8 nitrogen and oxygen atoms in total. The summed E-state index contributed by atoms with van der Waals surface area (Å²) in [5, 5.41) is 21.4. The van der Waals surface area contributed by atoms with E-state index < -0.39 is 38.7 Å². The standard InChI is InChI=1S/C11H5BrFN3O5/c12-6-3-9(16(19)20)11(14-5-6)21-10-2-1-7(15(17)18)4-8(10)13/h1-5H. The van der Waals surface area contributed by atoms with Crippen molar-refractivity contribution in [1.82, 2.24) is 4.98 Å². The Bertz CT molecular complexity index is 740. The summed E-state index contributed by atoms with van der Waals surface area (Å²) in [7, 11) is 0. The van der Waals surface area contributed by atoms with Gasteiger partial charge in [-0.1, -0.05) is 0 Å². The highest BCUT2D eigenvalue weighted by Gasteiger charge is 2.20. The molecule has 0 N–H and O–H groups in total. The summed E-state index contributed by atoms with van der Waals surface area (Å²) in [5.74, 6) is -1.85. The molecule has 0 amide bonds. The third-order valence-corrected chi connectivity index (χ3v) is 2.76. The first-order valence-corrected chi connectivity index (χ1v) is 6.09. The number of nitro groups is 2. The van der Waals surface area contributed by atoms with Gasteiger partial charge in [-0.25, -0.2) is 9.37 Å². The number of nitrogens with zero attached hydrogens (tertiary/aromatic N) is 3. The lowest BCUT2D eigenvalue weighted by molar-refractivity contribution is -0.386. The van der Waals surface area contributed by atoms with Gasteiger partial charge in [-0.05, 0) is 22.0 Å². The number of rotatable bonds is 4. The molecule has 0 aliphatic heterocycles. The lowest BCUT2D eigenvalue weighted by Crippen LogP contribution is -1.98. The van der Waals surface area contributed by atoms with Crippen LogP contribution in [-0.2, 0) is 0 Å². The molecule has 0 radical (unpaired) electrons. The average Bonchev–Trinajstić information content (AvgIpc) is 2.42. The maximum absolute atomic E-state index is 13.7. The van der Waals surface area contributed by atoms with E-state index in [4.69, 9.17) is 4.74 Å². The van der Waals surface area contributed by atoms with Crippen molar-refractivity contribution in [3.05, 3.63) is 61.0 Å². The van der Waals surface area contributed by atoms with E-state index in [1.54, 1.807) is 0 Å². The quantitative estimate of drug-likeness (QED) is 0.610. The molecule has 1 aromatic carbocycles. The minimum Gasteiger partial charge on any atom is -0.431 e. The number of ether oxygens (including phenoxy) is 1. The number of hydrogen-bond donors (Lipinski definition) is 0. The topological polar surface area (TPSA) is 108 Å². The molecule has 2 aromatic rings. The molecule has 0 saturated carbocycles. The number of benzene rings is 1. The molecular weight excluding hydrogens is 353 g/mol. The van der Waals surface area contributed by atoms with Gasteiger partial charge in [-0.2, -0.15) is 0 Å².